The van der Waals surface area contributed by atoms with Gasteiger partial charge in [0.05, 0.1) is 17.5 Å². The van der Waals surface area contributed by atoms with Gasteiger partial charge in [-0.15, -0.1) is 21.5 Å². The molecule has 0 spiro atoms. The highest BCUT2D eigenvalue weighted by Gasteiger charge is 2.27. The topological polar surface area (TPSA) is 45.4 Å². The lowest BCUT2D eigenvalue weighted by Crippen LogP contribution is -2.47. The molecule has 2 aromatic carbocycles. The Kier molecular flexibility index (Phi) is 6.07. The van der Waals surface area contributed by atoms with Crippen molar-refractivity contribution >= 4 is 11.3 Å². The van der Waals surface area contributed by atoms with Gasteiger partial charge in [0.1, 0.15) is 11.6 Å². The summed E-state index contributed by atoms with van der Waals surface area (Å²) in [6.07, 6.45) is 0. The normalized spacial score (nSPS) is 15.5. The van der Waals surface area contributed by atoms with Crippen LogP contribution in [0.1, 0.15) is 23.1 Å². The highest BCUT2D eigenvalue weighted by Crippen LogP contribution is 2.30. The molecule has 1 fully saturated rings. The molecule has 0 amide bonds. The third-order valence-corrected chi connectivity index (χ3v) is 6.56. The summed E-state index contributed by atoms with van der Waals surface area (Å²) in [5, 5.41) is 10.3. The van der Waals surface area contributed by atoms with Crippen molar-refractivity contribution in [3.8, 4) is 10.8 Å². The van der Waals surface area contributed by atoms with Crippen LogP contribution in [0.25, 0.3) is 10.8 Å². The Morgan fingerprint density at radius 3 is 2.03 bits per heavy atom. The number of nitrogens with zero attached hydrogens (tertiary/aromatic N) is 4. The van der Waals surface area contributed by atoms with Gasteiger partial charge >= 0.3 is 0 Å². The second-order valence-electron chi connectivity index (χ2n) is 7.80. The van der Waals surface area contributed by atoms with Gasteiger partial charge in [-0.3, -0.25) is 9.80 Å². The lowest BCUT2D eigenvalue weighted by Gasteiger charge is -2.39. The molecule has 0 radical (unpaired) electrons. The van der Waals surface area contributed by atoms with Gasteiger partial charge in [0.25, 0.3) is 5.89 Å². The fraction of sp³-hybridized carbons (Fsp3) is 0.250. The van der Waals surface area contributed by atoms with E-state index in [4.69, 9.17) is 4.42 Å². The molecule has 5 rings (SSSR count). The maximum Gasteiger partial charge on any atom is 0.257 e. The smallest absolute Gasteiger partial charge is 0.257 e. The summed E-state index contributed by atoms with van der Waals surface area (Å²) in [5.74, 6) is 0.632. The molecule has 4 aromatic rings. The van der Waals surface area contributed by atoms with Crippen molar-refractivity contribution in [2.45, 2.75) is 12.6 Å². The van der Waals surface area contributed by atoms with Crippen molar-refractivity contribution in [2.75, 3.05) is 26.2 Å². The molecule has 0 N–H and O–H groups in total. The minimum atomic E-state index is -0.266. The van der Waals surface area contributed by atoms with E-state index in [2.05, 4.69) is 20.0 Å². The number of benzene rings is 2. The Balaban J connectivity index is 1.28. The van der Waals surface area contributed by atoms with Crippen molar-refractivity contribution in [3.63, 3.8) is 0 Å². The predicted molar refractivity (Wildman–Crippen MR) is 119 cm³/mol. The zero-order valence-corrected chi connectivity index (χ0v) is 18.1. The van der Waals surface area contributed by atoms with Gasteiger partial charge in [0.2, 0.25) is 5.89 Å². The first-order valence-corrected chi connectivity index (χ1v) is 11.4. The van der Waals surface area contributed by atoms with E-state index in [9.17, 15) is 8.78 Å². The number of thiophene rings is 1. The second kappa shape index (κ2) is 9.28. The number of rotatable bonds is 6. The summed E-state index contributed by atoms with van der Waals surface area (Å²) in [6, 6.07) is 17.0. The summed E-state index contributed by atoms with van der Waals surface area (Å²) in [6.45, 7) is 3.88. The molecule has 0 bridgehead atoms. The molecule has 3 heterocycles. The van der Waals surface area contributed by atoms with Crippen molar-refractivity contribution in [3.05, 3.63) is 94.7 Å². The van der Waals surface area contributed by atoms with Crippen LogP contribution in [-0.4, -0.2) is 46.2 Å². The highest BCUT2D eigenvalue weighted by molar-refractivity contribution is 7.13. The standard InChI is InChI=1S/C24H22F2N4OS/c25-19-7-3-17(4-8-19)23(18-5-9-20(26)10-6-18)30-13-11-29(12-14-30)16-22-27-28-24(31-22)21-2-1-15-32-21/h1-10,15,23H,11-14,16H2. The molecule has 164 valence electrons. The fourth-order valence-electron chi connectivity index (χ4n) is 4.09. The maximum absolute atomic E-state index is 13.5. The van der Waals surface area contributed by atoms with Crippen LogP contribution in [0, 0.1) is 11.6 Å². The van der Waals surface area contributed by atoms with Crippen molar-refractivity contribution in [1.29, 1.82) is 0 Å². The third-order valence-electron chi connectivity index (χ3n) is 5.70. The largest absolute Gasteiger partial charge is 0.419 e. The average Bonchev–Trinajstić information content (AvgIpc) is 3.50. The molecule has 0 aliphatic carbocycles. The lowest BCUT2D eigenvalue weighted by atomic mass is 9.96. The molecule has 0 unspecified atom stereocenters. The van der Waals surface area contributed by atoms with Gasteiger partial charge in [-0.1, -0.05) is 30.3 Å². The molecule has 0 atom stereocenters. The van der Waals surface area contributed by atoms with Gasteiger partial charge in [0.15, 0.2) is 0 Å². The van der Waals surface area contributed by atoms with Crippen LogP contribution in [0.4, 0.5) is 8.78 Å². The molecule has 1 saturated heterocycles. The Morgan fingerprint density at radius 1 is 0.844 bits per heavy atom. The monoisotopic (exact) mass is 452 g/mol. The lowest BCUT2D eigenvalue weighted by molar-refractivity contribution is 0.0985. The van der Waals surface area contributed by atoms with Crippen molar-refractivity contribution in [1.82, 2.24) is 20.0 Å². The minimum absolute atomic E-state index is 0.0628. The van der Waals surface area contributed by atoms with Crippen LogP contribution in [0.2, 0.25) is 0 Å². The second-order valence-corrected chi connectivity index (χ2v) is 8.74. The van der Waals surface area contributed by atoms with E-state index in [0.717, 1.165) is 42.2 Å². The number of hydrogen-bond donors (Lipinski definition) is 0. The van der Waals surface area contributed by atoms with E-state index >= 15 is 0 Å². The number of piperazine rings is 1. The molecule has 1 aliphatic heterocycles. The summed E-state index contributed by atoms with van der Waals surface area (Å²) in [5.41, 5.74) is 1.98. The third kappa shape index (κ3) is 4.62. The quantitative estimate of drug-likeness (QED) is 0.413. The van der Waals surface area contributed by atoms with Crippen molar-refractivity contribution < 1.29 is 13.2 Å². The highest BCUT2D eigenvalue weighted by atomic mass is 32.1. The van der Waals surface area contributed by atoms with E-state index in [-0.39, 0.29) is 17.7 Å². The zero-order chi connectivity index (χ0) is 21.9. The van der Waals surface area contributed by atoms with E-state index in [1.807, 2.05) is 17.5 Å². The van der Waals surface area contributed by atoms with E-state index in [0.29, 0.717) is 18.3 Å². The SMILES string of the molecule is Fc1ccc(C(c2ccc(F)cc2)N2CCN(Cc3nnc(-c4cccs4)o3)CC2)cc1. The Hall–Kier alpha value is -2.94. The van der Waals surface area contributed by atoms with Crippen LogP contribution in [0.15, 0.2) is 70.5 Å². The molecule has 32 heavy (non-hydrogen) atoms. The Morgan fingerprint density at radius 2 is 1.47 bits per heavy atom. The number of hydrogen-bond acceptors (Lipinski definition) is 6. The first-order valence-electron chi connectivity index (χ1n) is 10.5. The summed E-state index contributed by atoms with van der Waals surface area (Å²) < 4.78 is 32.8. The minimum Gasteiger partial charge on any atom is -0.419 e. The first-order chi connectivity index (χ1) is 15.7. The van der Waals surface area contributed by atoms with Gasteiger partial charge in [0, 0.05) is 26.2 Å². The Bertz CT molecular complexity index is 1090. The maximum atomic E-state index is 13.5. The van der Waals surface area contributed by atoms with E-state index in [1.165, 1.54) is 24.3 Å². The van der Waals surface area contributed by atoms with Crippen LogP contribution < -0.4 is 0 Å². The summed E-state index contributed by atoms with van der Waals surface area (Å²) >= 11 is 1.57. The number of halogens is 2. The first kappa shape index (κ1) is 20.9. The van der Waals surface area contributed by atoms with Crippen LogP contribution >= 0.6 is 11.3 Å². The molecule has 0 saturated carbocycles. The molecule has 2 aromatic heterocycles. The van der Waals surface area contributed by atoms with Crippen LogP contribution in [-0.2, 0) is 6.54 Å². The molecule has 5 nitrogen and oxygen atoms in total. The summed E-state index contributed by atoms with van der Waals surface area (Å²) in [7, 11) is 0. The molecular formula is C24H22F2N4OS. The van der Waals surface area contributed by atoms with Crippen LogP contribution in [0.3, 0.4) is 0 Å². The number of aromatic nitrogens is 2. The van der Waals surface area contributed by atoms with Crippen molar-refractivity contribution in [2.24, 2.45) is 0 Å². The predicted octanol–water partition coefficient (Wildman–Crippen LogP) is 4.98. The van der Waals surface area contributed by atoms with Gasteiger partial charge in [-0.25, -0.2) is 8.78 Å². The van der Waals surface area contributed by atoms with Crippen LogP contribution in [0.5, 0.6) is 0 Å². The molecular weight excluding hydrogens is 430 g/mol. The zero-order valence-electron chi connectivity index (χ0n) is 17.3. The van der Waals surface area contributed by atoms with Gasteiger partial charge in [-0.2, -0.15) is 0 Å². The van der Waals surface area contributed by atoms with E-state index in [1.54, 1.807) is 35.6 Å². The molecule has 8 heteroatoms. The van der Waals surface area contributed by atoms with E-state index < -0.39 is 0 Å². The average molecular weight is 453 g/mol. The van der Waals surface area contributed by atoms with Gasteiger partial charge in [-0.05, 0) is 46.8 Å². The summed E-state index contributed by atoms with van der Waals surface area (Å²) in [4.78, 5) is 5.60. The molecule has 1 aliphatic rings. The fourth-order valence-corrected chi connectivity index (χ4v) is 4.74. The Labute approximate surface area is 188 Å². The van der Waals surface area contributed by atoms with Gasteiger partial charge < -0.3 is 4.42 Å².